The van der Waals surface area contributed by atoms with Gasteiger partial charge in [-0.1, -0.05) is 23.7 Å². The monoisotopic (exact) mass is 295 g/mol. The number of benzene rings is 1. The van der Waals surface area contributed by atoms with Crippen LogP contribution < -0.4 is 5.32 Å². The molecule has 1 aliphatic rings. The molecule has 0 aliphatic carbocycles. The first kappa shape index (κ1) is 15.3. The van der Waals surface area contributed by atoms with Gasteiger partial charge in [-0.2, -0.15) is 0 Å². The maximum Gasteiger partial charge on any atom is 0.241 e. The Morgan fingerprint density at radius 1 is 1.40 bits per heavy atom. The van der Waals surface area contributed by atoms with E-state index in [2.05, 4.69) is 10.2 Å². The highest BCUT2D eigenvalue weighted by Crippen LogP contribution is 2.27. The SMILES string of the molecule is CC1NC(c2cccc(Cl)c2)N(CCCN(C)C)C1=O. The zero-order valence-corrected chi connectivity index (χ0v) is 13.0. The highest BCUT2D eigenvalue weighted by Gasteiger charge is 2.36. The van der Waals surface area contributed by atoms with Gasteiger partial charge < -0.3 is 9.80 Å². The standard InChI is InChI=1S/C15H22ClN3O/c1-11-15(20)19(9-5-8-18(2)3)14(17-11)12-6-4-7-13(16)10-12/h4,6-7,10-11,14,17H,5,8-9H2,1-3H3. The van der Waals surface area contributed by atoms with Crippen LogP contribution in [0.5, 0.6) is 0 Å². The molecule has 110 valence electrons. The summed E-state index contributed by atoms with van der Waals surface area (Å²) in [6.45, 7) is 3.64. The second-order valence-corrected chi connectivity index (χ2v) is 5.97. The third-order valence-corrected chi connectivity index (χ3v) is 3.78. The summed E-state index contributed by atoms with van der Waals surface area (Å²) in [6.07, 6.45) is 0.892. The predicted molar refractivity (Wildman–Crippen MR) is 81.7 cm³/mol. The molecule has 0 spiro atoms. The fourth-order valence-electron chi connectivity index (χ4n) is 2.52. The van der Waals surface area contributed by atoms with Crippen molar-refractivity contribution in [2.24, 2.45) is 0 Å². The maximum absolute atomic E-state index is 12.3. The molecule has 1 amide bonds. The minimum atomic E-state index is -0.140. The Morgan fingerprint density at radius 3 is 2.80 bits per heavy atom. The van der Waals surface area contributed by atoms with E-state index in [1.54, 1.807) is 0 Å². The van der Waals surface area contributed by atoms with E-state index in [0.29, 0.717) is 5.02 Å². The lowest BCUT2D eigenvalue weighted by molar-refractivity contribution is -0.129. The molecule has 5 heteroatoms. The second kappa shape index (κ2) is 6.57. The predicted octanol–water partition coefficient (Wildman–Crippen LogP) is 2.11. The third kappa shape index (κ3) is 3.51. The van der Waals surface area contributed by atoms with Crippen LogP contribution in [0.4, 0.5) is 0 Å². The van der Waals surface area contributed by atoms with Crippen molar-refractivity contribution in [2.45, 2.75) is 25.6 Å². The molecule has 1 fully saturated rings. The number of hydrogen-bond donors (Lipinski definition) is 1. The van der Waals surface area contributed by atoms with Crippen LogP contribution in [-0.4, -0.2) is 48.9 Å². The van der Waals surface area contributed by atoms with Crippen molar-refractivity contribution < 1.29 is 4.79 Å². The molecular weight excluding hydrogens is 274 g/mol. The lowest BCUT2D eigenvalue weighted by atomic mass is 10.1. The number of carbonyl (C=O) groups excluding carboxylic acids is 1. The van der Waals surface area contributed by atoms with E-state index in [9.17, 15) is 4.79 Å². The van der Waals surface area contributed by atoms with E-state index < -0.39 is 0 Å². The number of carbonyl (C=O) groups is 1. The molecule has 4 nitrogen and oxygen atoms in total. The summed E-state index contributed by atoms with van der Waals surface area (Å²) in [5.41, 5.74) is 1.04. The number of amides is 1. The van der Waals surface area contributed by atoms with Crippen LogP contribution in [0.15, 0.2) is 24.3 Å². The van der Waals surface area contributed by atoms with E-state index in [0.717, 1.165) is 25.1 Å². The van der Waals surface area contributed by atoms with Crippen molar-refractivity contribution in [2.75, 3.05) is 27.2 Å². The lowest BCUT2D eigenvalue weighted by Gasteiger charge is -2.25. The van der Waals surface area contributed by atoms with Gasteiger partial charge in [0.25, 0.3) is 0 Å². The molecule has 1 aromatic rings. The number of rotatable bonds is 5. The molecule has 2 unspecified atom stereocenters. The van der Waals surface area contributed by atoms with Crippen molar-refractivity contribution in [3.8, 4) is 0 Å². The molecule has 0 radical (unpaired) electrons. The minimum Gasteiger partial charge on any atom is -0.322 e. The Hall–Kier alpha value is -1.10. The molecule has 20 heavy (non-hydrogen) atoms. The van der Waals surface area contributed by atoms with E-state index >= 15 is 0 Å². The van der Waals surface area contributed by atoms with Gasteiger partial charge in [-0.05, 0) is 51.7 Å². The van der Waals surface area contributed by atoms with Gasteiger partial charge in [0.15, 0.2) is 0 Å². The zero-order chi connectivity index (χ0) is 14.7. The number of hydrogen-bond acceptors (Lipinski definition) is 3. The molecule has 0 bridgehead atoms. The van der Waals surface area contributed by atoms with Gasteiger partial charge in [0.1, 0.15) is 6.17 Å². The Kier molecular flexibility index (Phi) is 5.02. The van der Waals surface area contributed by atoms with Crippen LogP contribution in [0.2, 0.25) is 5.02 Å². The largest absolute Gasteiger partial charge is 0.322 e. The molecule has 2 rings (SSSR count). The number of nitrogens with zero attached hydrogens (tertiary/aromatic N) is 2. The summed E-state index contributed by atoms with van der Waals surface area (Å²) in [5.74, 6) is 0.161. The fraction of sp³-hybridized carbons (Fsp3) is 0.533. The van der Waals surface area contributed by atoms with Crippen molar-refractivity contribution >= 4 is 17.5 Å². The Morgan fingerprint density at radius 2 is 2.15 bits per heavy atom. The summed E-state index contributed by atoms with van der Waals surface area (Å²) >= 11 is 6.05. The summed E-state index contributed by atoms with van der Waals surface area (Å²) in [7, 11) is 4.09. The smallest absolute Gasteiger partial charge is 0.241 e. The van der Waals surface area contributed by atoms with Crippen LogP contribution >= 0.6 is 11.6 Å². The van der Waals surface area contributed by atoms with E-state index in [4.69, 9.17) is 11.6 Å². The van der Waals surface area contributed by atoms with Crippen molar-refractivity contribution in [3.63, 3.8) is 0 Å². The molecule has 2 atom stereocenters. The first-order chi connectivity index (χ1) is 9.49. The van der Waals surface area contributed by atoms with Gasteiger partial charge in [-0.15, -0.1) is 0 Å². The highest BCUT2D eigenvalue weighted by atomic mass is 35.5. The lowest BCUT2D eigenvalue weighted by Crippen LogP contribution is -2.33. The number of halogens is 1. The van der Waals surface area contributed by atoms with Gasteiger partial charge in [0.05, 0.1) is 6.04 Å². The molecule has 0 aromatic heterocycles. The van der Waals surface area contributed by atoms with E-state index in [1.807, 2.05) is 50.2 Å². The Labute approximate surface area is 125 Å². The average Bonchev–Trinajstić information content (AvgIpc) is 2.66. The summed E-state index contributed by atoms with van der Waals surface area (Å²) in [4.78, 5) is 16.3. The molecule has 0 saturated carbocycles. The van der Waals surface area contributed by atoms with Gasteiger partial charge in [-0.25, -0.2) is 0 Å². The number of nitrogens with one attached hydrogen (secondary N) is 1. The third-order valence-electron chi connectivity index (χ3n) is 3.54. The maximum atomic E-state index is 12.3. The van der Waals surface area contributed by atoms with Gasteiger partial charge in [-0.3, -0.25) is 10.1 Å². The van der Waals surface area contributed by atoms with E-state index in [-0.39, 0.29) is 18.1 Å². The topological polar surface area (TPSA) is 35.6 Å². The van der Waals surface area contributed by atoms with Gasteiger partial charge >= 0.3 is 0 Å². The fourth-order valence-corrected chi connectivity index (χ4v) is 2.72. The molecular formula is C15H22ClN3O. The average molecular weight is 296 g/mol. The van der Waals surface area contributed by atoms with Crippen LogP contribution in [0.1, 0.15) is 25.1 Å². The molecule has 1 N–H and O–H groups in total. The van der Waals surface area contributed by atoms with Crippen LogP contribution in [0.3, 0.4) is 0 Å². The van der Waals surface area contributed by atoms with Crippen LogP contribution in [0.25, 0.3) is 0 Å². The molecule has 1 aromatic carbocycles. The Bertz CT molecular complexity index is 478. The van der Waals surface area contributed by atoms with Gasteiger partial charge in [0, 0.05) is 11.6 Å². The molecule has 1 aliphatic heterocycles. The van der Waals surface area contributed by atoms with E-state index in [1.165, 1.54) is 0 Å². The normalized spacial score (nSPS) is 22.9. The minimum absolute atomic E-state index is 0.0710. The summed E-state index contributed by atoms with van der Waals surface area (Å²) in [5, 5.41) is 4.04. The Balaban J connectivity index is 2.11. The van der Waals surface area contributed by atoms with Gasteiger partial charge in [0.2, 0.25) is 5.91 Å². The quantitative estimate of drug-likeness (QED) is 0.904. The first-order valence-electron chi connectivity index (χ1n) is 6.96. The summed E-state index contributed by atoms with van der Waals surface area (Å²) in [6, 6.07) is 7.56. The molecule has 1 heterocycles. The second-order valence-electron chi connectivity index (χ2n) is 5.53. The van der Waals surface area contributed by atoms with Crippen molar-refractivity contribution in [3.05, 3.63) is 34.9 Å². The van der Waals surface area contributed by atoms with Crippen LogP contribution in [0, 0.1) is 0 Å². The van der Waals surface area contributed by atoms with Crippen LogP contribution in [-0.2, 0) is 4.79 Å². The first-order valence-corrected chi connectivity index (χ1v) is 7.33. The summed E-state index contributed by atoms with van der Waals surface area (Å²) < 4.78 is 0. The molecule has 1 saturated heterocycles. The van der Waals surface area contributed by atoms with Crippen molar-refractivity contribution in [1.29, 1.82) is 0 Å². The zero-order valence-electron chi connectivity index (χ0n) is 12.3. The highest BCUT2D eigenvalue weighted by molar-refractivity contribution is 6.30. The van der Waals surface area contributed by atoms with Crippen molar-refractivity contribution in [1.82, 2.24) is 15.1 Å².